The molecule has 3 aromatic rings. The van der Waals surface area contributed by atoms with Gasteiger partial charge in [-0.05, 0) is 50.1 Å². The first-order chi connectivity index (χ1) is 13.6. The van der Waals surface area contributed by atoms with Gasteiger partial charge in [0.2, 0.25) is 0 Å². The standard InChI is InChI=1S/C22H24FN3O2/c1-16-21(17(2)26(25-16)20-11-9-19(23)10-12-20)22(27)24-13-6-14-28-15-18-7-4-3-5-8-18/h3-5,7-12H,6,13-15H2,1-2H3,(H,24,27). The van der Waals surface area contributed by atoms with Crippen LogP contribution in [0.3, 0.4) is 0 Å². The van der Waals surface area contributed by atoms with Crippen LogP contribution in [0.1, 0.15) is 33.7 Å². The van der Waals surface area contributed by atoms with Crippen molar-refractivity contribution in [1.82, 2.24) is 15.1 Å². The van der Waals surface area contributed by atoms with Gasteiger partial charge in [0.25, 0.3) is 5.91 Å². The van der Waals surface area contributed by atoms with Crippen molar-refractivity contribution in [2.75, 3.05) is 13.2 Å². The van der Waals surface area contributed by atoms with Crippen molar-refractivity contribution in [2.24, 2.45) is 0 Å². The van der Waals surface area contributed by atoms with E-state index in [1.807, 2.05) is 37.3 Å². The topological polar surface area (TPSA) is 56.2 Å². The Morgan fingerprint density at radius 2 is 1.82 bits per heavy atom. The highest BCUT2D eigenvalue weighted by molar-refractivity contribution is 5.96. The maximum absolute atomic E-state index is 13.1. The molecule has 5 nitrogen and oxygen atoms in total. The number of halogens is 1. The third kappa shape index (κ3) is 4.84. The van der Waals surface area contributed by atoms with Crippen molar-refractivity contribution in [3.05, 3.63) is 82.9 Å². The number of aromatic nitrogens is 2. The maximum atomic E-state index is 13.1. The summed E-state index contributed by atoms with van der Waals surface area (Å²) in [5.41, 5.74) is 3.76. The highest BCUT2D eigenvalue weighted by Gasteiger charge is 2.19. The van der Waals surface area contributed by atoms with E-state index < -0.39 is 0 Å². The van der Waals surface area contributed by atoms with Gasteiger partial charge in [-0.1, -0.05) is 30.3 Å². The quantitative estimate of drug-likeness (QED) is 0.601. The van der Waals surface area contributed by atoms with Crippen LogP contribution in [0, 0.1) is 19.7 Å². The van der Waals surface area contributed by atoms with Crippen molar-refractivity contribution in [2.45, 2.75) is 26.9 Å². The highest BCUT2D eigenvalue weighted by Crippen LogP contribution is 2.18. The molecule has 0 aliphatic heterocycles. The second-order valence-electron chi connectivity index (χ2n) is 6.58. The average Bonchev–Trinajstić information content (AvgIpc) is 3.00. The van der Waals surface area contributed by atoms with Gasteiger partial charge in [0.05, 0.1) is 29.2 Å². The molecule has 0 radical (unpaired) electrons. The summed E-state index contributed by atoms with van der Waals surface area (Å²) in [4.78, 5) is 12.6. The van der Waals surface area contributed by atoms with Gasteiger partial charge in [0, 0.05) is 13.2 Å². The summed E-state index contributed by atoms with van der Waals surface area (Å²) in [6.07, 6.45) is 0.725. The van der Waals surface area contributed by atoms with E-state index in [0.29, 0.717) is 31.0 Å². The van der Waals surface area contributed by atoms with Gasteiger partial charge >= 0.3 is 0 Å². The summed E-state index contributed by atoms with van der Waals surface area (Å²) < 4.78 is 20.4. The molecule has 0 aliphatic rings. The van der Waals surface area contributed by atoms with Crippen molar-refractivity contribution in [1.29, 1.82) is 0 Å². The number of carbonyl (C=O) groups is 1. The number of amides is 1. The Bertz CT molecular complexity index is 921. The molecular weight excluding hydrogens is 357 g/mol. The van der Waals surface area contributed by atoms with Crippen LogP contribution >= 0.6 is 0 Å². The summed E-state index contributed by atoms with van der Waals surface area (Å²) in [5, 5.41) is 7.35. The van der Waals surface area contributed by atoms with Crippen LogP contribution in [0.4, 0.5) is 4.39 Å². The Labute approximate surface area is 164 Å². The molecule has 0 saturated heterocycles. The van der Waals surface area contributed by atoms with Crippen LogP contribution in [0.2, 0.25) is 0 Å². The zero-order valence-electron chi connectivity index (χ0n) is 16.1. The number of nitrogens with zero attached hydrogens (tertiary/aromatic N) is 2. The lowest BCUT2D eigenvalue weighted by Gasteiger charge is -2.08. The lowest BCUT2D eigenvalue weighted by molar-refractivity contribution is 0.0933. The third-order valence-corrected chi connectivity index (χ3v) is 4.45. The first-order valence-corrected chi connectivity index (χ1v) is 9.28. The molecule has 0 aliphatic carbocycles. The van der Waals surface area contributed by atoms with Crippen LogP contribution in [-0.4, -0.2) is 28.8 Å². The van der Waals surface area contributed by atoms with E-state index in [1.54, 1.807) is 23.7 Å². The molecule has 1 amide bonds. The number of hydrogen-bond donors (Lipinski definition) is 1. The molecule has 0 bridgehead atoms. The van der Waals surface area contributed by atoms with Crippen LogP contribution in [0.5, 0.6) is 0 Å². The van der Waals surface area contributed by atoms with E-state index in [2.05, 4.69) is 10.4 Å². The van der Waals surface area contributed by atoms with Gasteiger partial charge in [-0.2, -0.15) is 5.10 Å². The molecule has 0 fully saturated rings. The smallest absolute Gasteiger partial charge is 0.255 e. The molecule has 1 aromatic heterocycles. The van der Waals surface area contributed by atoms with Gasteiger partial charge in [0.1, 0.15) is 5.82 Å². The van der Waals surface area contributed by atoms with Crippen LogP contribution < -0.4 is 5.32 Å². The minimum atomic E-state index is -0.308. The maximum Gasteiger partial charge on any atom is 0.255 e. The second-order valence-corrected chi connectivity index (χ2v) is 6.58. The number of benzene rings is 2. The van der Waals surface area contributed by atoms with Crippen molar-refractivity contribution < 1.29 is 13.9 Å². The van der Waals surface area contributed by atoms with E-state index >= 15 is 0 Å². The molecule has 28 heavy (non-hydrogen) atoms. The zero-order chi connectivity index (χ0) is 19.9. The Morgan fingerprint density at radius 1 is 1.11 bits per heavy atom. The highest BCUT2D eigenvalue weighted by atomic mass is 19.1. The average molecular weight is 381 g/mol. The van der Waals surface area contributed by atoms with Crippen molar-refractivity contribution in [3.8, 4) is 5.69 Å². The molecule has 0 spiro atoms. The third-order valence-electron chi connectivity index (χ3n) is 4.45. The number of aryl methyl sites for hydroxylation is 1. The van der Waals surface area contributed by atoms with Crippen LogP contribution in [-0.2, 0) is 11.3 Å². The molecule has 0 unspecified atom stereocenters. The molecule has 0 saturated carbocycles. The van der Waals surface area contributed by atoms with Crippen molar-refractivity contribution >= 4 is 5.91 Å². The van der Waals surface area contributed by atoms with Gasteiger partial charge < -0.3 is 10.1 Å². The molecule has 1 N–H and O–H groups in total. The lowest BCUT2D eigenvalue weighted by atomic mass is 10.2. The molecule has 2 aromatic carbocycles. The Morgan fingerprint density at radius 3 is 2.54 bits per heavy atom. The first-order valence-electron chi connectivity index (χ1n) is 9.28. The summed E-state index contributed by atoms with van der Waals surface area (Å²) >= 11 is 0. The number of ether oxygens (including phenoxy) is 1. The molecule has 3 rings (SSSR count). The molecular formula is C22H24FN3O2. The molecule has 6 heteroatoms. The fraction of sp³-hybridized carbons (Fsp3) is 0.273. The first kappa shape index (κ1) is 19.8. The number of rotatable bonds is 8. The van der Waals surface area contributed by atoms with E-state index in [9.17, 15) is 9.18 Å². The van der Waals surface area contributed by atoms with Gasteiger partial charge in [0.15, 0.2) is 0 Å². The van der Waals surface area contributed by atoms with Crippen molar-refractivity contribution in [3.63, 3.8) is 0 Å². The lowest BCUT2D eigenvalue weighted by Crippen LogP contribution is -2.26. The Balaban J connectivity index is 1.51. The van der Waals surface area contributed by atoms with Gasteiger partial charge in [-0.15, -0.1) is 0 Å². The number of hydrogen-bond acceptors (Lipinski definition) is 3. The predicted octanol–water partition coefficient (Wildman–Crippen LogP) is 3.96. The normalized spacial score (nSPS) is 10.8. The van der Waals surface area contributed by atoms with Gasteiger partial charge in [-0.25, -0.2) is 9.07 Å². The minimum absolute atomic E-state index is 0.161. The fourth-order valence-corrected chi connectivity index (χ4v) is 3.03. The number of nitrogens with one attached hydrogen (secondary N) is 1. The van der Waals surface area contributed by atoms with E-state index in [0.717, 1.165) is 23.4 Å². The summed E-state index contributed by atoms with van der Waals surface area (Å²) in [6.45, 7) is 5.29. The summed E-state index contributed by atoms with van der Waals surface area (Å²) in [6, 6.07) is 16.0. The summed E-state index contributed by atoms with van der Waals surface area (Å²) in [7, 11) is 0. The zero-order valence-corrected chi connectivity index (χ0v) is 16.1. The minimum Gasteiger partial charge on any atom is -0.377 e. The summed E-state index contributed by atoms with van der Waals surface area (Å²) in [5.74, 6) is -0.468. The molecule has 146 valence electrons. The monoisotopic (exact) mass is 381 g/mol. The van der Waals surface area contributed by atoms with E-state index in [4.69, 9.17) is 4.74 Å². The second kappa shape index (κ2) is 9.28. The predicted molar refractivity (Wildman–Crippen MR) is 106 cm³/mol. The fourth-order valence-electron chi connectivity index (χ4n) is 3.03. The van der Waals surface area contributed by atoms with Gasteiger partial charge in [-0.3, -0.25) is 4.79 Å². The van der Waals surface area contributed by atoms with E-state index in [-0.39, 0.29) is 11.7 Å². The molecule has 0 atom stereocenters. The van der Waals surface area contributed by atoms with E-state index in [1.165, 1.54) is 12.1 Å². The largest absolute Gasteiger partial charge is 0.377 e. The number of carbonyl (C=O) groups excluding carboxylic acids is 1. The van der Waals surface area contributed by atoms with Crippen LogP contribution in [0.15, 0.2) is 54.6 Å². The SMILES string of the molecule is Cc1nn(-c2ccc(F)cc2)c(C)c1C(=O)NCCCOCc1ccccc1. The molecule has 1 heterocycles. The Hall–Kier alpha value is -2.99. The van der Waals surface area contributed by atoms with Crippen LogP contribution in [0.25, 0.3) is 5.69 Å². The Kier molecular flexibility index (Phi) is 6.55.